The molecule has 0 fully saturated rings. The second-order valence-corrected chi connectivity index (χ2v) is 6.11. The van der Waals surface area contributed by atoms with E-state index >= 15 is 0 Å². The van der Waals surface area contributed by atoms with Crippen molar-refractivity contribution in [2.24, 2.45) is 0 Å². The maximum absolute atomic E-state index is 12.4. The van der Waals surface area contributed by atoms with E-state index in [4.69, 9.17) is 0 Å². The number of nitrogens with one attached hydrogen (secondary N) is 2. The van der Waals surface area contributed by atoms with Crippen LogP contribution in [0.5, 0.6) is 0 Å². The molecule has 0 spiro atoms. The van der Waals surface area contributed by atoms with Crippen molar-refractivity contribution in [2.75, 3.05) is 23.7 Å². The minimum Gasteiger partial charge on any atom is -0.376 e. The molecule has 1 aromatic rings. The summed E-state index contributed by atoms with van der Waals surface area (Å²) in [7, 11) is 0. The van der Waals surface area contributed by atoms with Gasteiger partial charge in [0.15, 0.2) is 0 Å². The van der Waals surface area contributed by atoms with E-state index < -0.39 is 5.91 Å². The fourth-order valence-electron chi connectivity index (χ4n) is 2.32. The van der Waals surface area contributed by atoms with Gasteiger partial charge < -0.3 is 15.5 Å². The fraction of sp³-hybridized carbons (Fsp3) is 0.450. The number of hydrogen-bond acceptors (Lipinski definition) is 4. The second-order valence-electron chi connectivity index (χ2n) is 6.11. The van der Waals surface area contributed by atoms with Crippen LogP contribution in [0.2, 0.25) is 0 Å². The molecule has 26 heavy (non-hydrogen) atoms. The van der Waals surface area contributed by atoms with E-state index in [1.54, 1.807) is 30.5 Å². The molecule has 0 aliphatic carbocycles. The van der Waals surface area contributed by atoms with Crippen LogP contribution in [0.4, 0.5) is 11.4 Å². The predicted octanol–water partition coefficient (Wildman–Crippen LogP) is 3.89. The number of unbranched alkanes of at least 4 members (excludes halogenated alkanes) is 2. The van der Waals surface area contributed by atoms with E-state index in [0.29, 0.717) is 11.4 Å². The Balaban J connectivity index is 2.79. The smallest absolute Gasteiger partial charge is 0.267 e. The number of amides is 2. The third-order valence-corrected chi connectivity index (χ3v) is 3.74. The van der Waals surface area contributed by atoms with Gasteiger partial charge in [0.25, 0.3) is 5.91 Å². The van der Waals surface area contributed by atoms with E-state index in [1.165, 1.54) is 6.92 Å². The molecule has 2 N–H and O–H groups in total. The van der Waals surface area contributed by atoms with Crippen LogP contribution in [0.3, 0.4) is 0 Å². The quantitative estimate of drug-likeness (QED) is 0.492. The lowest BCUT2D eigenvalue weighted by molar-refractivity contribution is -0.114. The summed E-state index contributed by atoms with van der Waals surface area (Å²) < 4.78 is 0. The molecule has 0 saturated heterocycles. The molecule has 0 heterocycles. The van der Waals surface area contributed by atoms with E-state index in [2.05, 4.69) is 24.5 Å². The van der Waals surface area contributed by atoms with Crippen LogP contribution in [0, 0.1) is 11.3 Å². The summed E-state index contributed by atoms with van der Waals surface area (Å²) >= 11 is 0. The molecular weight excluding hydrogens is 328 g/mol. The zero-order valence-corrected chi connectivity index (χ0v) is 15.8. The Hall–Kier alpha value is -2.81. The Morgan fingerprint density at radius 3 is 1.96 bits per heavy atom. The summed E-state index contributed by atoms with van der Waals surface area (Å²) in [5.74, 6) is -0.589. The maximum Gasteiger partial charge on any atom is 0.267 e. The highest BCUT2D eigenvalue weighted by Crippen LogP contribution is 2.14. The minimum atomic E-state index is -0.433. The second kappa shape index (κ2) is 11.7. The molecule has 0 radical (unpaired) electrons. The van der Waals surface area contributed by atoms with Crippen LogP contribution in [-0.2, 0) is 9.59 Å². The Morgan fingerprint density at radius 1 is 1.04 bits per heavy atom. The fourth-order valence-corrected chi connectivity index (χ4v) is 2.32. The first-order chi connectivity index (χ1) is 12.5. The van der Waals surface area contributed by atoms with Crippen molar-refractivity contribution < 1.29 is 9.59 Å². The van der Waals surface area contributed by atoms with Gasteiger partial charge in [-0.1, -0.05) is 26.7 Å². The molecule has 1 aromatic carbocycles. The first-order valence-electron chi connectivity index (χ1n) is 9.05. The van der Waals surface area contributed by atoms with Crippen molar-refractivity contribution in [1.29, 1.82) is 5.26 Å². The van der Waals surface area contributed by atoms with Crippen LogP contribution in [0.25, 0.3) is 0 Å². The maximum atomic E-state index is 12.4. The van der Waals surface area contributed by atoms with Gasteiger partial charge in [-0.25, -0.2) is 0 Å². The van der Waals surface area contributed by atoms with Gasteiger partial charge in [0.2, 0.25) is 5.91 Å². The molecule has 6 heteroatoms. The number of nitriles is 1. The monoisotopic (exact) mass is 356 g/mol. The van der Waals surface area contributed by atoms with Crippen molar-refractivity contribution in [3.8, 4) is 6.07 Å². The molecule has 0 atom stereocenters. The zero-order valence-electron chi connectivity index (χ0n) is 15.8. The molecule has 6 nitrogen and oxygen atoms in total. The Kier molecular flexibility index (Phi) is 9.55. The molecule has 1 rings (SSSR count). The number of carbonyl (C=O) groups is 2. The summed E-state index contributed by atoms with van der Waals surface area (Å²) in [5, 5.41) is 14.7. The first-order valence-corrected chi connectivity index (χ1v) is 9.05. The van der Waals surface area contributed by atoms with Gasteiger partial charge in [-0.2, -0.15) is 5.26 Å². The number of carbonyl (C=O) groups excluding carboxylic acids is 2. The largest absolute Gasteiger partial charge is 0.376 e. The van der Waals surface area contributed by atoms with Gasteiger partial charge in [0, 0.05) is 37.6 Å². The molecule has 0 aliphatic heterocycles. The lowest BCUT2D eigenvalue weighted by Gasteiger charge is -2.20. The Labute approximate surface area is 155 Å². The van der Waals surface area contributed by atoms with Gasteiger partial charge >= 0.3 is 0 Å². The summed E-state index contributed by atoms with van der Waals surface area (Å²) in [5.41, 5.74) is 1.30. The molecular formula is C20H28N4O2. The lowest BCUT2D eigenvalue weighted by Crippen LogP contribution is -2.23. The van der Waals surface area contributed by atoms with Crippen molar-refractivity contribution >= 4 is 23.2 Å². The van der Waals surface area contributed by atoms with Crippen LogP contribution in [0.15, 0.2) is 36.0 Å². The van der Waals surface area contributed by atoms with Gasteiger partial charge in [-0.15, -0.1) is 0 Å². The van der Waals surface area contributed by atoms with E-state index in [1.807, 2.05) is 11.0 Å². The van der Waals surface area contributed by atoms with Crippen molar-refractivity contribution in [3.05, 3.63) is 36.0 Å². The van der Waals surface area contributed by atoms with Crippen molar-refractivity contribution in [3.63, 3.8) is 0 Å². The van der Waals surface area contributed by atoms with Crippen LogP contribution < -0.4 is 10.6 Å². The third-order valence-electron chi connectivity index (χ3n) is 3.74. The molecule has 0 aromatic heterocycles. The average molecular weight is 356 g/mol. The highest BCUT2D eigenvalue weighted by Gasteiger charge is 2.12. The van der Waals surface area contributed by atoms with Crippen LogP contribution in [0.1, 0.15) is 46.5 Å². The van der Waals surface area contributed by atoms with Crippen molar-refractivity contribution in [2.45, 2.75) is 46.5 Å². The third kappa shape index (κ3) is 7.84. The van der Waals surface area contributed by atoms with E-state index in [9.17, 15) is 14.9 Å². The number of nitrogens with zero attached hydrogens (tertiary/aromatic N) is 2. The van der Waals surface area contributed by atoms with Gasteiger partial charge in [0.1, 0.15) is 11.6 Å². The molecule has 0 unspecified atom stereocenters. The van der Waals surface area contributed by atoms with E-state index in [-0.39, 0.29) is 11.5 Å². The van der Waals surface area contributed by atoms with Crippen molar-refractivity contribution in [1.82, 2.24) is 4.90 Å². The standard InChI is InChI=1S/C20H28N4O2/c1-4-6-12-24(13-7-5-2)15-17(14-21)20(26)23-19-10-8-18(9-11-19)22-16(3)25/h8-11,15H,4-7,12-13H2,1-3H3,(H,22,25)(H,23,26)/b17-15-. The van der Waals surface area contributed by atoms with Crippen LogP contribution in [-0.4, -0.2) is 29.8 Å². The number of anilines is 2. The Bertz CT molecular complexity index is 651. The Morgan fingerprint density at radius 2 is 1.54 bits per heavy atom. The summed E-state index contributed by atoms with van der Waals surface area (Å²) in [6.07, 6.45) is 5.82. The van der Waals surface area contributed by atoms with Gasteiger partial charge in [-0.05, 0) is 37.1 Å². The lowest BCUT2D eigenvalue weighted by atomic mass is 10.2. The first kappa shape index (κ1) is 21.2. The average Bonchev–Trinajstić information content (AvgIpc) is 2.62. The van der Waals surface area contributed by atoms with Gasteiger partial charge in [-0.3, -0.25) is 9.59 Å². The molecule has 2 amide bonds. The predicted molar refractivity (Wildman–Crippen MR) is 104 cm³/mol. The molecule has 140 valence electrons. The normalized spacial score (nSPS) is 10.8. The number of benzene rings is 1. The highest BCUT2D eigenvalue weighted by atomic mass is 16.2. The summed E-state index contributed by atoms with van der Waals surface area (Å²) in [6.45, 7) is 7.33. The zero-order chi connectivity index (χ0) is 19.4. The van der Waals surface area contributed by atoms with E-state index in [0.717, 1.165) is 38.8 Å². The molecule has 0 saturated carbocycles. The SMILES string of the molecule is CCCCN(/C=C(/C#N)C(=O)Nc1ccc(NC(C)=O)cc1)CCCC. The topological polar surface area (TPSA) is 85.2 Å². The minimum absolute atomic E-state index is 0.0862. The van der Waals surface area contributed by atoms with Crippen LogP contribution >= 0.6 is 0 Å². The number of hydrogen-bond donors (Lipinski definition) is 2. The molecule has 0 aliphatic rings. The summed E-state index contributed by atoms with van der Waals surface area (Å²) in [6, 6.07) is 8.75. The summed E-state index contributed by atoms with van der Waals surface area (Å²) in [4.78, 5) is 25.5. The number of rotatable bonds is 10. The molecule has 0 bridgehead atoms. The highest BCUT2D eigenvalue weighted by molar-refractivity contribution is 6.06. The van der Waals surface area contributed by atoms with Gasteiger partial charge in [0.05, 0.1) is 0 Å².